The molecule has 0 saturated heterocycles. The molecular formula is C134H218O12Si2. The van der Waals surface area contributed by atoms with Crippen LogP contribution in [0.25, 0.3) is 11.1 Å². The third kappa shape index (κ3) is 72.0. The maximum atomic E-state index is 11.7. The van der Waals surface area contributed by atoms with E-state index in [1.165, 1.54) is 69.0 Å². The molecular weight excluding hydrogens is 1860 g/mol. The van der Waals surface area contributed by atoms with Crippen LogP contribution in [0.2, 0.25) is 35.8 Å². The largest absolute Gasteiger partial charge is 0.497 e. The Morgan fingerprint density at radius 2 is 0.703 bits per heavy atom. The Morgan fingerprint density at radius 1 is 0.385 bits per heavy atom. The van der Waals surface area contributed by atoms with Gasteiger partial charge in [0.15, 0.2) is 0 Å². The van der Waals surface area contributed by atoms with Gasteiger partial charge in [-0.15, -0.1) is 6.58 Å². The van der Waals surface area contributed by atoms with Crippen LogP contribution < -0.4 is 4.74 Å². The molecule has 0 amide bonds. The van der Waals surface area contributed by atoms with Crippen LogP contribution in [0, 0.1) is 87.8 Å². The highest BCUT2D eigenvalue weighted by atomic mass is 28.3. The van der Waals surface area contributed by atoms with Crippen molar-refractivity contribution in [3.8, 4) is 16.9 Å². The third-order valence-corrected chi connectivity index (χ3v) is 33.5. The molecule has 12 nitrogen and oxygen atoms in total. The first kappa shape index (κ1) is 147. The number of ketones is 1. The Kier molecular flexibility index (Phi) is 79.8. The molecule has 0 fully saturated rings. The first-order valence-corrected chi connectivity index (χ1v) is 60.3. The fourth-order valence-corrected chi connectivity index (χ4v) is 15.8. The van der Waals surface area contributed by atoms with Crippen molar-refractivity contribution >= 4 is 53.2 Å². The van der Waals surface area contributed by atoms with Gasteiger partial charge in [-0.3, -0.25) is 28.8 Å². The van der Waals surface area contributed by atoms with E-state index in [9.17, 15) is 28.8 Å². The summed E-state index contributed by atoms with van der Waals surface area (Å²) in [7, 11) is 0.729. The molecule has 0 spiro atoms. The van der Waals surface area contributed by atoms with Crippen LogP contribution in [0.1, 0.15) is 361 Å². The van der Waals surface area contributed by atoms with Crippen LogP contribution in [0.5, 0.6) is 5.75 Å². The molecule has 0 unspecified atom stereocenters. The maximum Gasteiger partial charge on any atom is 0.308 e. The number of fused-ring (bicyclic) bond motifs is 3. The van der Waals surface area contributed by atoms with Gasteiger partial charge in [0.25, 0.3) is 0 Å². The molecule has 148 heavy (non-hydrogen) atoms. The van der Waals surface area contributed by atoms with Gasteiger partial charge in [0, 0.05) is 26.8 Å². The van der Waals surface area contributed by atoms with E-state index in [0.29, 0.717) is 48.2 Å². The molecule has 0 saturated carbocycles. The monoisotopic (exact) mass is 2080 g/mol. The van der Waals surface area contributed by atoms with E-state index < -0.39 is 8.07 Å². The molecule has 8 aromatic carbocycles. The topological polar surface area (TPSA) is 158 Å². The predicted molar refractivity (Wildman–Crippen MR) is 649 cm³/mol. The zero-order valence-corrected chi connectivity index (χ0v) is 105. The molecule has 0 heterocycles. The van der Waals surface area contributed by atoms with Gasteiger partial charge in [-0.2, -0.15) is 0 Å². The minimum Gasteiger partial charge on any atom is -0.497 e. The summed E-state index contributed by atoms with van der Waals surface area (Å²) in [5.74, 6) is 6.00. The Bertz CT molecular complexity index is 4540. The molecule has 9 rings (SSSR count). The normalized spacial score (nSPS) is 11.4. The van der Waals surface area contributed by atoms with Crippen molar-refractivity contribution in [2.75, 3.05) is 26.9 Å². The van der Waals surface area contributed by atoms with Crippen molar-refractivity contribution in [1.29, 1.82) is 0 Å². The number of ether oxygens (including phenoxy) is 6. The summed E-state index contributed by atoms with van der Waals surface area (Å²) in [6.45, 7) is 104. The number of carbonyl (C=O) groups is 6. The van der Waals surface area contributed by atoms with Gasteiger partial charge in [0.2, 0.25) is 0 Å². The number of Topliss-reactive ketones (excluding diaryl/α,β-unsaturated/α-hetero) is 1. The van der Waals surface area contributed by atoms with Gasteiger partial charge >= 0.3 is 29.8 Å². The molecule has 0 radical (unpaired) electrons. The summed E-state index contributed by atoms with van der Waals surface area (Å²) in [5.41, 5.74) is 14.3. The van der Waals surface area contributed by atoms with Crippen LogP contribution in [-0.2, 0) is 77.3 Å². The van der Waals surface area contributed by atoms with Crippen LogP contribution in [0.15, 0.2) is 250 Å². The standard InChI is InChI=1S/C22H22.C18H18O2.C11H14O2.C11H16O.C10H22O2Si.C10H14.C9H22Si.C8H16O2.C7H12O2.C7H16.C7H14.C5H10O.C5H12.C4H10/c1-18(2)22(19-12-6-3-7-13-19,20-14-8-4-9-15-20)21-16-10-5-11-17-21;1-12(2)18(19)20-11-17-15-9-5-3-7-13(15)14-8-4-6-10-16(14)17;1-9(2)11(12)13-8-10-6-4-3-5-7-10;1-9(2)8-10-4-6-11(12-3)7-5-10;1-8(2)7-13-6-5-12-10(11)9(3)4;1-9(2)8-10-6-4-3-5-7-10;1-8(2)10(6,7)9(3,4)5;1-6(2)7(9)10-8(3,4)5;1-4-5-9-7(8)6(2)3;1-6(2)7(3,4)5;1-5-6-7(2,3)4;1-4(2)5(3)6;1-4-5(2)3;1-4(2)3/h3-18H,1-2H3;3-10,12,17H,11H2,1-2H3;3-7,9H,8H2,1-2H3;4-7,9H,8H2,1-3H3;8-9H,5-7,13H2,1-4H3;3-7,9H,8H2,1-2H3;8H,1-7H3;6H,1-5H3;4,6H,1,5H2,2-3H3;6H,1-5H3;5H,1,6H2,2-4H3;4H,1-3H3;5H,4H2,1-3H3;4H,1-3H3. The number of esters is 5. The van der Waals surface area contributed by atoms with Gasteiger partial charge in [-0.05, 0) is 178 Å². The van der Waals surface area contributed by atoms with Gasteiger partial charge in [-0.1, -0.05) is 532 Å². The second kappa shape index (κ2) is 80.4. The number of hydrogen-bond donors (Lipinski definition) is 0. The average Bonchev–Trinajstić information content (AvgIpc) is 0.935. The molecule has 0 aromatic heterocycles. The third-order valence-electron chi connectivity index (χ3n) is 24.4. The summed E-state index contributed by atoms with van der Waals surface area (Å²) in [4.78, 5) is 65.5. The van der Waals surface area contributed by atoms with E-state index in [1.807, 2.05) is 151 Å². The lowest BCUT2D eigenvalue weighted by molar-refractivity contribution is -0.158. The SMILES string of the molecule is C=CCC(C)(C)C.C=CCOC(=O)C(C)C.CC(=O)C(C)C.CC(C)C.CC(C)C(=O)OC(C)(C)C.CC(C)C(=O)OCC1c2ccccc2-c2ccccc21.CC(C)C(=O)OCc1ccccc1.CC(C)C(C)(C)C.CC(C)C(c1ccccc1)(c1ccccc1)c1ccccc1.CC(C)C[SiH2]CCOC(=O)C(C)C.CC(C)Cc1ccccc1.CC(C)[Si](C)(C)C(C)(C)C.CCC(C)C.COc1ccc(CC(C)C)cc1. The van der Waals surface area contributed by atoms with Gasteiger partial charge in [0.05, 0.1) is 51.4 Å². The Morgan fingerprint density at radius 3 is 0.959 bits per heavy atom. The fraction of sp³-hybridized carbons (Fsp3) is 0.567. The molecule has 0 aliphatic heterocycles. The second-order valence-electron chi connectivity index (χ2n) is 48.3. The van der Waals surface area contributed by atoms with E-state index in [-0.39, 0.29) is 97.6 Å². The van der Waals surface area contributed by atoms with Crippen molar-refractivity contribution in [3.05, 3.63) is 294 Å². The molecule has 0 atom stereocenters. The van der Waals surface area contributed by atoms with E-state index in [0.717, 1.165) is 71.2 Å². The highest BCUT2D eigenvalue weighted by Crippen LogP contribution is 2.47. The number of methoxy groups -OCH3 is 1. The van der Waals surface area contributed by atoms with Gasteiger partial charge in [0.1, 0.15) is 37.0 Å². The predicted octanol–water partition coefficient (Wildman–Crippen LogP) is 37.2. The molecule has 0 bridgehead atoms. The van der Waals surface area contributed by atoms with E-state index >= 15 is 0 Å². The summed E-state index contributed by atoms with van der Waals surface area (Å²) >= 11 is 0. The number of rotatable bonds is 29. The molecule has 8 aromatic rings. The number of carbonyl (C=O) groups excluding carboxylic acids is 6. The van der Waals surface area contributed by atoms with Crippen LogP contribution in [-0.4, -0.2) is 85.8 Å². The van der Waals surface area contributed by atoms with Gasteiger partial charge in [-0.25, -0.2) is 0 Å². The fourth-order valence-electron chi connectivity index (χ4n) is 12.6. The van der Waals surface area contributed by atoms with Crippen molar-refractivity contribution in [1.82, 2.24) is 0 Å². The Labute approximate surface area is 913 Å². The molecule has 1 aliphatic rings. The van der Waals surface area contributed by atoms with Crippen LogP contribution in [0.3, 0.4) is 0 Å². The average molecular weight is 2080 g/mol. The highest BCUT2D eigenvalue weighted by Gasteiger charge is 2.40. The molecule has 1 aliphatic carbocycles. The van der Waals surface area contributed by atoms with E-state index in [2.05, 4.69) is 383 Å². The quantitative estimate of drug-likeness (QED) is 0.0109. The van der Waals surface area contributed by atoms with Gasteiger partial charge < -0.3 is 28.4 Å². The first-order valence-electron chi connectivity index (χ1n) is 55.2. The summed E-state index contributed by atoms with van der Waals surface area (Å²) in [6.07, 6.45) is 8.26. The number of benzene rings is 8. The van der Waals surface area contributed by atoms with E-state index in [4.69, 9.17) is 28.4 Å². The Balaban J connectivity index is -0.000000508. The highest BCUT2D eigenvalue weighted by molar-refractivity contribution is 6.81. The van der Waals surface area contributed by atoms with E-state index in [1.54, 1.807) is 34.0 Å². The summed E-state index contributed by atoms with van der Waals surface area (Å²) < 4.78 is 30.4. The summed E-state index contributed by atoms with van der Waals surface area (Å²) in [6, 6.07) is 80.4. The number of allylic oxidation sites excluding steroid dienone is 1. The number of hydrogen-bond acceptors (Lipinski definition) is 12. The molecule has 0 N–H and O–H groups in total. The lowest BCUT2D eigenvalue weighted by Gasteiger charge is -2.40. The van der Waals surface area contributed by atoms with Crippen LogP contribution in [0.4, 0.5) is 0 Å². The Hall–Kier alpha value is -9.51. The lowest BCUT2D eigenvalue weighted by atomic mass is 9.63. The first-order chi connectivity index (χ1) is 68.5. The minimum absolute atomic E-state index is 0.0191. The summed E-state index contributed by atoms with van der Waals surface area (Å²) in [5, 5.41) is 0.557. The zero-order valence-electron chi connectivity index (χ0n) is 103. The van der Waals surface area contributed by atoms with Crippen molar-refractivity contribution < 1.29 is 57.2 Å². The van der Waals surface area contributed by atoms with Crippen LogP contribution >= 0.6 is 0 Å². The molecule has 14 heteroatoms. The maximum absolute atomic E-state index is 11.7. The zero-order chi connectivity index (χ0) is 115. The minimum atomic E-state index is -0.982. The second-order valence-corrected chi connectivity index (χ2v) is 56.4. The van der Waals surface area contributed by atoms with Crippen molar-refractivity contribution in [2.45, 2.75) is 383 Å². The lowest BCUT2D eigenvalue weighted by Crippen LogP contribution is -2.39. The smallest absolute Gasteiger partial charge is 0.308 e. The van der Waals surface area contributed by atoms with Crippen molar-refractivity contribution in [3.63, 3.8) is 0 Å². The molecule has 834 valence electrons. The van der Waals surface area contributed by atoms with Crippen molar-refractivity contribution in [2.24, 2.45) is 87.8 Å².